The fourth-order valence-corrected chi connectivity index (χ4v) is 2.04. The van der Waals surface area contributed by atoms with Gasteiger partial charge in [-0.3, -0.25) is 14.9 Å². The van der Waals surface area contributed by atoms with Crippen LogP contribution in [0.2, 0.25) is 0 Å². The number of benzene rings is 2. The fourth-order valence-electron chi connectivity index (χ4n) is 2.04. The number of nitrogens with zero attached hydrogens (tertiary/aromatic N) is 2. The first-order chi connectivity index (χ1) is 11.9. The Balaban J connectivity index is 1.96. The van der Waals surface area contributed by atoms with Crippen LogP contribution in [0.3, 0.4) is 0 Å². The maximum absolute atomic E-state index is 11.8. The fraction of sp³-hybridized carbons (Fsp3) is 0.176. The normalized spacial score (nSPS) is 10.6. The van der Waals surface area contributed by atoms with Gasteiger partial charge in [0.1, 0.15) is 11.5 Å². The lowest BCUT2D eigenvalue weighted by Gasteiger charge is -2.09. The van der Waals surface area contributed by atoms with Crippen LogP contribution >= 0.6 is 0 Å². The van der Waals surface area contributed by atoms with E-state index in [2.05, 4.69) is 10.5 Å². The van der Waals surface area contributed by atoms with Crippen molar-refractivity contribution in [2.45, 2.75) is 13.8 Å². The second-order valence-corrected chi connectivity index (χ2v) is 5.28. The summed E-state index contributed by atoms with van der Waals surface area (Å²) >= 11 is 0. The molecule has 0 aliphatic heterocycles. The third-order valence-electron chi connectivity index (χ3n) is 3.51. The minimum absolute atomic E-state index is 0.0701. The van der Waals surface area contributed by atoms with Crippen molar-refractivity contribution in [1.82, 2.24) is 5.43 Å². The summed E-state index contributed by atoms with van der Waals surface area (Å²) in [4.78, 5) is 22.1. The lowest BCUT2D eigenvalue weighted by Crippen LogP contribution is -2.24. The standard InChI is InChI=1S/C17H17N3O5/c1-11-4-3-5-16(12(11)2)25-10-17(22)19-18-9-13-8-14(21)6-7-15(13)20(23)24/h3-9,21H,10H2,1-2H3,(H,19,22). The second kappa shape index (κ2) is 7.91. The van der Waals surface area contributed by atoms with Crippen molar-refractivity contribution in [3.8, 4) is 11.5 Å². The van der Waals surface area contributed by atoms with Gasteiger partial charge in [-0.05, 0) is 43.2 Å². The van der Waals surface area contributed by atoms with Crippen molar-refractivity contribution in [2.75, 3.05) is 6.61 Å². The van der Waals surface area contributed by atoms with Crippen LogP contribution in [-0.4, -0.2) is 28.8 Å². The Morgan fingerprint density at radius 1 is 1.36 bits per heavy atom. The Morgan fingerprint density at radius 3 is 2.84 bits per heavy atom. The SMILES string of the molecule is Cc1cccc(OCC(=O)NN=Cc2cc(O)ccc2[N+](=O)[O-])c1C. The van der Waals surface area contributed by atoms with Gasteiger partial charge in [0.15, 0.2) is 6.61 Å². The predicted molar refractivity (Wildman–Crippen MR) is 91.9 cm³/mol. The van der Waals surface area contributed by atoms with Gasteiger partial charge in [0.25, 0.3) is 11.6 Å². The molecule has 0 atom stereocenters. The van der Waals surface area contributed by atoms with E-state index in [1.54, 1.807) is 6.07 Å². The number of carbonyl (C=O) groups excluding carboxylic acids is 1. The average Bonchev–Trinajstić information content (AvgIpc) is 2.56. The van der Waals surface area contributed by atoms with E-state index >= 15 is 0 Å². The van der Waals surface area contributed by atoms with Crippen LogP contribution in [-0.2, 0) is 4.79 Å². The molecule has 0 spiro atoms. The van der Waals surface area contributed by atoms with Gasteiger partial charge < -0.3 is 9.84 Å². The van der Waals surface area contributed by atoms with Gasteiger partial charge in [-0.1, -0.05) is 12.1 Å². The van der Waals surface area contributed by atoms with Crippen LogP contribution < -0.4 is 10.2 Å². The number of hydrazone groups is 1. The van der Waals surface area contributed by atoms with Gasteiger partial charge in [0.2, 0.25) is 0 Å². The van der Waals surface area contributed by atoms with Crippen LogP contribution in [0.5, 0.6) is 11.5 Å². The maximum atomic E-state index is 11.8. The highest BCUT2D eigenvalue weighted by molar-refractivity contribution is 5.87. The van der Waals surface area contributed by atoms with Crippen LogP contribution in [0.25, 0.3) is 0 Å². The molecule has 2 rings (SSSR count). The molecule has 0 fully saturated rings. The number of hydrogen-bond acceptors (Lipinski definition) is 6. The predicted octanol–water partition coefficient (Wildman–Crippen LogP) is 2.45. The molecule has 1 amide bonds. The molecule has 0 unspecified atom stereocenters. The Hall–Kier alpha value is -3.42. The molecule has 0 radical (unpaired) electrons. The van der Waals surface area contributed by atoms with Crippen molar-refractivity contribution in [3.05, 3.63) is 63.2 Å². The molecular weight excluding hydrogens is 326 g/mol. The quantitative estimate of drug-likeness (QED) is 0.475. The van der Waals surface area contributed by atoms with Crippen LogP contribution in [0, 0.1) is 24.0 Å². The van der Waals surface area contributed by atoms with Crippen molar-refractivity contribution in [2.24, 2.45) is 5.10 Å². The molecule has 2 aromatic carbocycles. The highest BCUT2D eigenvalue weighted by Crippen LogP contribution is 2.22. The highest BCUT2D eigenvalue weighted by Gasteiger charge is 2.12. The maximum Gasteiger partial charge on any atom is 0.278 e. The van der Waals surface area contributed by atoms with E-state index in [-0.39, 0.29) is 23.6 Å². The zero-order chi connectivity index (χ0) is 18.4. The van der Waals surface area contributed by atoms with E-state index in [0.29, 0.717) is 5.75 Å². The molecule has 0 aliphatic carbocycles. The molecule has 0 bridgehead atoms. The number of aromatic hydroxyl groups is 1. The van der Waals surface area contributed by atoms with E-state index in [1.807, 2.05) is 26.0 Å². The molecule has 2 aromatic rings. The number of carbonyl (C=O) groups is 1. The minimum atomic E-state index is -0.605. The number of phenols is 1. The number of aryl methyl sites for hydroxylation is 1. The first kappa shape index (κ1) is 17.9. The molecule has 8 heteroatoms. The van der Waals surface area contributed by atoms with Crippen molar-refractivity contribution >= 4 is 17.8 Å². The molecule has 0 aliphatic rings. The summed E-state index contributed by atoms with van der Waals surface area (Å²) in [6.07, 6.45) is 1.09. The zero-order valence-corrected chi connectivity index (χ0v) is 13.7. The highest BCUT2D eigenvalue weighted by atomic mass is 16.6. The summed E-state index contributed by atoms with van der Waals surface area (Å²) in [5, 5.41) is 24.0. The summed E-state index contributed by atoms with van der Waals surface area (Å²) in [7, 11) is 0. The van der Waals surface area contributed by atoms with E-state index in [0.717, 1.165) is 23.4 Å². The molecule has 0 heterocycles. The third-order valence-corrected chi connectivity index (χ3v) is 3.51. The Kier molecular flexibility index (Phi) is 5.67. The monoisotopic (exact) mass is 343 g/mol. The Bertz CT molecular complexity index is 833. The second-order valence-electron chi connectivity index (χ2n) is 5.28. The molecule has 25 heavy (non-hydrogen) atoms. The summed E-state index contributed by atoms with van der Waals surface area (Å²) in [6.45, 7) is 3.58. The summed E-state index contributed by atoms with van der Waals surface area (Å²) in [5.41, 5.74) is 4.05. The average molecular weight is 343 g/mol. The van der Waals surface area contributed by atoms with Crippen LogP contribution in [0.15, 0.2) is 41.5 Å². The van der Waals surface area contributed by atoms with E-state index in [4.69, 9.17) is 4.74 Å². The number of nitrogens with one attached hydrogen (secondary N) is 1. The van der Waals surface area contributed by atoms with Gasteiger partial charge >= 0.3 is 0 Å². The number of hydrogen-bond donors (Lipinski definition) is 2. The van der Waals surface area contributed by atoms with Gasteiger partial charge in [-0.15, -0.1) is 0 Å². The van der Waals surface area contributed by atoms with Crippen molar-refractivity contribution in [1.29, 1.82) is 0 Å². The smallest absolute Gasteiger partial charge is 0.278 e. The third kappa shape index (κ3) is 4.77. The van der Waals surface area contributed by atoms with Gasteiger partial charge in [0, 0.05) is 6.07 Å². The zero-order valence-electron chi connectivity index (χ0n) is 13.7. The van der Waals surface area contributed by atoms with Crippen LogP contribution in [0.4, 0.5) is 5.69 Å². The molecular formula is C17H17N3O5. The molecule has 2 N–H and O–H groups in total. The number of ether oxygens (including phenoxy) is 1. The van der Waals surface area contributed by atoms with Gasteiger partial charge in [0.05, 0.1) is 16.7 Å². The lowest BCUT2D eigenvalue weighted by atomic mass is 10.1. The molecule has 0 saturated heterocycles. The summed E-state index contributed by atoms with van der Waals surface area (Å²) in [6, 6.07) is 9.06. The van der Waals surface area contributed by atoms with Crippen LogP contribution in [0.1, 0.15) is 16.7 Å². The molecule has 0 aromatic heterocycles. The number of nitro groups is 1. The van der Waals surface area contributed by atoms with Gasteiger partial charge in [-0.2, -0.15) is 5.10 Å². The number of amides is 1. The Morgan fingerprint density at radius 2 is 2.12 bits per heavy atom. The number of phenolic OH excluding ortho intramolecular Hbond substituents is 1. The molecule has 8 nitrogen and oxygen atoms in total. The van der Waals surface area contributed by atoms with Crippen molar-refractivity contribution in [3.63, 3.8) is 0 Å². The number of rotatable bonds is 6. The van der Waals surface area contributed by atoms with E-state index in [1.165, 1.54) is 12.1 Å². The molecule has 130 valence electrons. The van der Waals surface area contributed by atoms with Crippen molar-refractivity contribution < 1.29 is 19.6 Å². The largest absolute Gasteiger partial charge is 0.508 e. The summed E-state index contributed by atoms with van der Waals surface area (Å²) in [5.74, 6) is -0.0562. The van der Waals surface area contributed by atoms with E-state index < -0.39 is 10.8 Å². The first-order valence-electron chi connectivity index (χ1n) is 7.37. The first-order valence-corrected chi connectivity index (χ1v) is 7.37. The summed E-state index contributed by atoms with van der Waals surface area (Å²) < 4.78 is 5.43. The minimum Gasteiger partial charge on any atom is -0.508 e. The Labute approximate surface area is 143 Å². The topological polar surface area (TPSA) is 114 Å². The lowest BCUT2D eigenvalue weighted by molar-refractivity contribution is -0.385. The van der Waals surface area contributed by atoms with Gasteiger partial charge in [-0.25, -0.2) is 5.43 Å². The molecule has 0 saturated carbocycles. The van der Waals surface area contributed by atoms with E-state index in [9.17, 15) is 20.0 Å². The number of nitro benzene ring substituents is 1.